The van der Waals surface area contributed by atoms with Crippen LogP contribution in [0.5, 0.6) is 0 Å². The summed E-state index contributed by atoms with van der Waals surface area (Å²) in [6, 6.07) is 9.15. The van der Waals surface area contributed by atoms with E-state index < -0.39 is 23.9 Å². The molecule has 0 aliphatic carbocycles. The SMILES string of the molecule is CCOC(=O)c1ccc(NC(=O)C(C)OC(=O)c2cccnc2Cl)cc1. The molecule has 1 aromatic carbocycles. The van der Waals surface area contributed by atoms with E-state index in [4.69, 9.17) is 21.1 Å². The van der Waals surface area contributed by atoms with Gasteiger partial charge in [0.05, 0.1) is 17.7 Å². The number of carbonyl (C=O) groups is 3. The summed E-state index contributed by atoms with van der Waals surface area (Å²) in [7, 11) is 0. The fraction of sp³-hybridized carbons (Fsp3) is 0.222. The summed E-state index contributed by atoms with van der Waals surface area (Å²) >= 11 is 5.82. The van der Waals surface area contributed by atoms with Crippen LogP contribution >= 0.6 is 11.6 Å². The molecule has 1 atom stereocenters. The molecule has 0 bridgehead atoms. The molecule has 0 spiro atoms. The van der Waals surface area contributed by atoms with E-state index in [1.807, 2.05) is 0 Å². The summed E-state index contributed by atoms with van der Waals surface area (Å²) in [5, 5.41) is 2.59. The minimum atomic E-state index is -1.05. The van der Waals surface area contributed by atoms with Crippen LogP contribution in [0.2, 0.25) is 5.15 Å². The third kappa shape index (κ3) is 5.03. The number of hydrogen-bond donors (Lipinski definition) is 1. The highest BCUT2D eigenvalue weighted by Gasteiger charge is 2.21. The maximum Gasteiger partial charge on any atom is 0.342 e. The Morgan fingerprint density at radius 2 is 1.85 bits per heavy atom. The molecule has 0 saturated carbocycles. The van der Waals surface area contributed by atoms with Gasteiger partial charge in [-0.1, -0.05) is 11.6 Å². The van der Waals surface area contributed by atoms with Gasteiger partial charge in [-0.05, 0) is 50.2 Å². The zero-order valence-corrected chi connectivity index (χ0v) is 14.9. The Balaban J connectivity index is 1.95. The van der Waals surface area contributed by atoms with Crippen LogP contribution in [0.15, 0.2) is 42.6 Å². The zero-order chi connectivity index (χ0) is 19.1. The smallest absolute Gasteiger partial charge is 0.342 e. The number of benzene rings is 1. The summed E-state index contributed by atoms with van der Waals surface area (Å²) < 4.78 is 9.98. The van der Waals surface area contributed by atoms with Gasteiger partial charge < -0.3 is 14.8 Å². The van der Waals surface area contributed by atoms with E-state index in [0.29, 0.717) is 11.3 Å². The van der Waals surface area contributed by atoms with Gasteiger partial charge in [0.2, 0.25) is 0 Å². The third-order valence-electron chi connectivity index (χ3n) is 3.30. The van der Waals surface area contributed by atoms with Gasteiger partial charge in [0.25, 0.3) is 5.91 Å². The molecule has 26 heavy (non-hydrogen) atoms. The first-order valence-corrected chi connectivity index (χ1v) is 8.19. The number of carbonyl (C=O) groups excluding carboxylic acids is 3. The van der Waals surface area contributed by atoms with Gasteiger partial charge >= 0.3 is 11.9 Å². The summed E-state index contributed by atoms with van der Waals surface area (Å²) in [4.78, 5) is 39.6. The van der Waals surface area contributed by atoms with Gasteiger partial charge in [-0.25, -0.2) is 14.6 Å². The Morgan fingerprint density at radius 1 is 1.15 bits per heavy atom. The van der Waals surface area contributed by atoms with Crippen molar-refractivity contribution in [3.8, 4) is 0 Å². The maximum atomic E-state index is 12.2. The molecule has 8 heteroatoms. The second-order valence-electron chi connectivity index (χ2n) is 5.18. The minimum Gasteiger partial charge on any atom is -0.462 e. The van der Waals surface area contributed by atoms with E-state index in [9.17, 15) is 14.4 Å². The van der Waals surface area contributed by atoms with E-state index in [1.165, 1.54) is 37.4 Å². The summed E-state index contributed by atoms with van der Waals surface area (Å²) in [6.45, 7) is 3.43. The summed E-state index contributed by atoms with van der Waals surface area (Å²) in [6.07, 6.45) is 0.387. The van der Waals surface area contributed by atoms with Crippen LogP contribution < -0.4 is 5.32 Å². The Hall–Kier alpha value is -2.93. The normalized spacial score (nSPS) is 11.3. The van der Waals surface area contributed by atoms with Crippen molar-refractivity contribution in [1.82, 2.24) is 4.98 Å². The Morgan fingerprint density at radius 3 is 2.46 bits per heavy atom. The maximum absolute atomic E-state index is 12.2. The van der Waals surface area contributed by atoms with Crippen molar-refractivity contribution in [2.24, 2.45) is 0 Å². The molecule has 0 aliphatic rings. The fourth-order valence-corrected chi connectivity index (χ4v) is 2.16. The van der Waals surface area contributed by atoms with Gasteiger partial charge in [0, 0.05) is 11.9 Å². The number of pyridine rings is 1. The van der Waals surface area contributed by atoms with Crippen molar-refractivity contribution in [2.75, 3.05) is 11.9 Å². The Bertz CT molecular complexity index is 807. The van der Waals surface area contributed by atoms with Crippen molar-refractivity contribution < 1.29 is 23.9 Å². The summed E-state index contributed by atoms with van der Waals surface area (Å²) in [5.74, 6) is -1.72. The number of hydrogen-bond acceptors (Lipinski definition) is 6. The number of nitrogens with zero attached hydrogens (tertiary/aromatic N) is 1. The molecule has 0 fully saturated rings. The summed E-state index contributed by atoms with van der Waals surface area (Å²) in [5.41, 5.74) is 0.897. The van der Waals surface area contributed by atoms with E-state index in [2.05, 4.69) is 10.3 Å². The van der Waals surface area contributed by atoms with Gasteiger partial charge in [-0.2, -0.15) is 0 Å². The van der Waals surface area contributed by atoms with Crippen LogP contribution in [-0.2, 0) is 14.3 Å². The Kier molecular flexibility index (Phi) is 6.68. The molecule has 1 aromatic heterocycles. The lowest BCUT2D eigenvalue weighted by atomic mass is 10.2. The van der Waals surface area contributed by atoms with Gasteiger partial charge in [-0.3, -0.25) is 4.79 Å². The van der Waals surface area contributed by atoms with Crippen LogP contribution in [0, 0.1) is 0 Å². The number of amides is 1. The van der Waals surface area contributed by atoms with Gasteiger partial charge in [-0.15, -0.1) is 0 Å². The first-order chi connectivity index (χ1) is 12.4. The zero-order valence-electron chi connectivity index (χ0n) is 14.2. The molecule has 136 valence electrons. The topological polar surface area (TPSA) is 94.6 Å². The number of rotatable bonds is 6. The molecule has 0 saturated heterocycles. The highest BCUT2D eigenvalue weighted by molar-refractivity contribution is 6.32. The molecule has 2 aromatic rings. The number of halogens is 1. The molecular weight excluding hydrogens is 360 g/mol. The van der Waals surface area contributed by atoms with Crippen LogP contribution in [0.4, 0.5) is 5.69 Å². The second-order valence-corrected chi connectivity index (χ2v) is 5.53. The predicted octanol–water partition coefficient (Wildman–Crippen LogP) is 3.10. The standard InChI is InChI=1S/C18H17ClN2O5/c1-3-25-17(23)12-6-8-13(9-7-12)21-16(22)11(2)26-18(24)14-5-4-10-20-15(14)19/h4-11H,3H2,1-2H3,(H,21,22). The van der Waals surface area contributed by atoms with Gasteiger partial charge in [0.1, 0.15) is 5.15 Å². The first-order valence-electron chi connectivity index (χ1n) is 7.82. The van der Waals surface area contributed by atoms with Crippen molar-refractivity contribution in [1.29, 1.82) is 0 Å². The lowest BCUT2D eigenvalue weighted by molar-refractivity contribution is -0.123. The van der Waals surface area contributed by atoms with Crippen molar-refractivity contribution >= 4 is 35.1 Å². The van der Waals surface area contributed by atoms with E-state index in [1.54, 1.807) is 19.1 Å². The molecule has 0 aliphatic heterocycles. The first kappa shape index (κ1) is 19.4. The molecular formula is C18H17ClN2O5. The molecule has 1 amide bonds. The molecule has 1 heterocycles. The van der Waals surface area contributed by atoms with E-state index >= 15 is 0 Å². The molecule has 7 nitrogen and oxygen atoms in total. The lowest BCUT2D eigenvalue weighted by Gasteiger charge is -2.14. The molecule has 1 N–H and O–H groups in total. The minimum absolute atomic E-state index is 0.000313. The lowest BCUT2D eigenvalue weighted by Crippen LogP contribution is -2.30. The highest BCUT2D eigenvalue weighted by Crippen LogP contribution is 2.15. The number of esters is 2. The number of ether oxygens (including phenoxy) is 2. The molecule has 2 rings (SSSR count). The van der Waals surface area contributed by atoms with Crippen molar-refractivity contribution in [3.05, 3.63) is 58.9 Å². The van der Waals surface area contributed by atoms with E-state index in [-0.39, 0.29) is 17.3 Å². The number of anilines is 1. The van der Waals surface area contributed by atoms with Crippen molar-refractivity contribution in [2.45, 2.75) is 20.0 Å². The van der Waals surface area contributed by atoms with Gasteiger partial charge in [0.15, 0.2) is 6.10 Å². The van der Waals surface area contributed by atoms with E-state index in [0.717, 1.165) is 0 Å². The van der Waals surface area contributed by atoms with Crippen LogP contribution in [0.1, 0.15) is 34.6 Å². The predicted molar refractivity (Wildman–Crippen MR) is 95.2 cm³/mol. The largest absolute Gasteiger partial charge is 0.462 e. The molecule has 0 radical (unpaired) electrons. The second kappa shape index (κ2) is 8.96. The average molecular weight is 377 g/mol. The quantitative estimate of drug-likeness (QED) is 0.615. The average Bonchev–Trinajstić information content (AvgIpc) is 2.62. The number of aromatic nitrogens is 1. The monoisotopic (exact) mass is 376 g/mol. The number of nitrogens with one attached hydrogen (secondary N) is 1. The molecule has 1 unspecified atom stereocenters. The van der Waals surface area contributed by atoms with Crippen LogP contribution in [-0.4, -0.2) is 35.5 Å². The van der Waals surface area contributed by atoms with Crippen LogP contribution in [0.3, 0.4) is 0 Å². The highest BCUT2D eigenvalue weighted by atomic mass is 35.5. The Labute approximate surface area is 155 Å². The third-order valence-corrected chi connectivity index (χ3v) is 3.60. The van der Waals surface area contributed by atoms with Crippen LogP contribution in [0.25, 0.3) is 0 Å². The van der Waals surface area contributed by atoms with Crippen molar-refractivity contribution in [3.63, 3.8) is 0 Å². The fourth-order valence-electron chi connectivity index (χ4n) is 1.96.